The van der Waals surface area contributed by atoms with Gasteiger partial charge in [-0.2, -0.15) is 5.10 Å². The summed E-state index contributed by atoms with van der Waals surface area (Å²) in [6, 6.07) is 3.94. The van der Waals surface area contributed by atoms with Gasteiger partial charge in [-0.1, -0.05) is 13.0 Å². The molecular weight excluding hydrogens is 342 g/mol. The van der Waals surface area contributed by atoms with E-state index >= 15 is 0 Å². The SMILES string of the molecule is CCCOc1ccc(CN=C(NCC)N2CCC(c3ncn[nH]3)CC2)cn1. The normalized spacial score (nSPS) is 15.8. The molecule has 2 aromatic rings. The largest absolute Gasteiger partial charge is 0.478 e. The molecule has 0 radical (unpaired) electrons. The van der Waals surface area contributed by atoms with Gasteiger partial charge in [0.2, 0.25) is 5.88 Å². The molecule has 1 aliphatic rings. The number of pyridine rings is 1. The second kappa shape index (κ2) is 9.89. The summed E-state index contributed by atoms with van der Waals surface area (Å²) in [7, 11) is 0. The Labute approximate surface area is 160 Å². The highest BCUT2D eigenvalue weighted by Gasteiger charge is 2.24. The molecule has 8 heteroatoms. The number of likely N-dealkylation sites (tertiary alicyclic amines) is 1. The third-order valence-corrected chi connectivity index (χ3v) is 4.61. The lowest BCUT2D eigenvalue weighted by Gasteiger charge is -2.33. The summed E-state index contributed by atoms with van der Waals surface area (Å²) in [5, 5.41) is 10.4. The molecular formula is C19H29N7O. The van der Waals surface area contributed by atoms with Crippen molar-refractivity contribution in [2.75, 3.05) is 26.2 Å². The van der Waals surface area contributed by atoms with Crippen LogP contribution in [0.3, 0.4) is 0 Å². The van der Waals surface area contributed by atoms with Crippen LogP contribution in [0.5, 0.6) is 5.88 Å². The summed E-state index contributed by atoms with van der Waals surface area (Å²) in [5.41, 5.74) is 1.07. The number of hydrogen-bond donors (Lipinski definition) is 2. The van der Waals surface area contributed by atoms with Gasteiger partial charge in [0.25, 0.3) is 0 Å². The third kappa shape index (κ3) is 5.42. The van der Waals surface area contributed by atoms with Crippen molar-refractivity contribution < 1.29 is 4.74 Å². The molecule has 1 saturated heterocycles. The summed E-state index contributed by atoms with van der Waals surface area (Å²) in [4.78, 5) is 15.8. The van der Waals surface area contributed by atoms with Gasteiger partial charge in [0.15, 0.2) is 5.96 Å². The Kier molecular flexibility index (Phi) is 7.01. The molecule has 0 spiro atoms. The third-order valence-electron chi connectivity index (χ3n) is 4.61. The van der Waals surface area contributed by atoms with Crippen LogP contribution >= 0.6 is 0 Å². The number of aromatic amines is 1. The number of ether oxygens (including phenoxy) is 1. The summed E-state index contributed by atoms with van der Waals surface area (Å²) < 4.78 is 5.53. The van der Waals surface area contributed by atoms with Crippen molar-refractivity contribution in [3.63, 3.8) is 0 Å². The van der Waals surface area contributed by atoms with Gasteiger partial charge in [-0.25, -0.2) is 15.0 Å². The summed E-state index contributed by atoms with van der Waals surface area (Å²) in [6.45, 7) is 8.24. The van der Waals surface area contributed by atoms with E-state index in [4.69, 9.17) is 9.73 Å². The number of piperidine rings is 1. The van der Waals surface area contributed by atoms with Crippen LogP contribution in [-0.4, -0.2) is 57.3 Å². The molecule has 2 N–H and O–H groups in total. The van der Waals surface area contributed by atoms with Crippen LogP contribution in [0.25, 0.3) is 0 Å². The van der Waals surface area contributed by atoms with E-state index in [-0.39, 0.29) is 0 Å². The Hall–Kier alpha value is -2.64. The minimum Gasteiger partial charge on any atom is -0.478 e. The number of nitrogens with zero attached hydrogens (tertiary/aromatic N) is 5. The van der Waals surface area contributed by atoms with E-state index in [0.29, 0.717) is 24.9 Å². The average Bonchev–Trinajstić information content (AvgIpc) is 3.25. The van der Waals surface area contributed by atoms with Crippen LogP contribution in [0, 0.1) is 0 Å². The monoisotopic (exact) mass is 371 g/mol. The van der Waals surface area contributed by atoms with Gasteiger partial charge in [0.05, 0.1) is 13.2 Å². The predicted octanol–water partition coefficient (Wildman–Crippen LogP) is 2.33. The minimum atomic E-state index is 0.450. The van der Waals surface area contributed by atoms with Crippen molar-refractivity contribution >= 4 is 5.96 Å². The first-order valence-electron chi connectivity index (χ1n) is 9.76. The Bertz CT molecular complexity index is 691. The Morgan fingerprint density at radius 1 is 1.30 bits per heavy atom. The van der Waals surface area contributed by atoms with Gasteiger partial charge in [0, 0.05) is 37.8 Å². The van der Waals surface area contributed by atoms with Gasteiger partial charge in [-0.3, -0.25) is 5.10 Å². The van der Waals surface area contributed by atoms with Crippen LogP contribution in [0.15, 0.2) is 29.6 Å². The molecule has 27 heavy (non-hydrogen) atoms. The maximum atomic E-state index is 5.53. The maximum Gasteiger partial charge on any atom is 0.213 e. The highest BCUT2D eigenvalue weighted by molar-refractivity contribution is 5.80. The molecule has 0 saturated carbocycles. The topological polar surface area (TPSA) is 91.3 Å². The molecule has 0 amide bonds. The zero-order valence-corrected chi connectivity index (χ0v) is 16.2. The standard InChI is InChI=1S/C19H29N7O/c1-3-11-27-17-6-5-15(12-21-17)13-22-19(20-4-2)26-9-7-16(8-10-26)18-23-14-24-25-18/h5-6,12,14,16H,3-4,7-11,13H2,1-2H3,(H,20,22)(H,23,24,25). The van der Waals surface area contributed by atoms with E-state index < -0.39 is 0 Å². The molecule has 146 valence electrons. The smallest absolute Gasteiger partial charge is 0.213 e. The molecule has 0 atom stereocenters. The molecule has 3 heterocycles. The van der Waals surface area contributed by atoms with Crippen LogP contribution in [0.2, 0.25) is 0 Å². The van der Waals surface area contributed by atoms with E-state index in [0.717, 1.165) is 56.2 Å². The molecule has 0 bridgehead atoms. The number of rotatable bonds is 7. The molecule has 3 rings (SSSR count). The average molecular weight is 371 g/mol. The highest BCUT2D eigenvalue weighted by Crippen LogP contribution is 2.25. The number of aromatic nitrogens is 4. The van der Waals surface area contributed by atoms with E-state index in [9.17, 15) is 0 Å². The van der Waals surface area contributed by atoms with Gasteiger partial charge < -0.3 is 15.0 Å². The second-order valence-corrected chi connectivity index (χ2v) is 6.66. The van der Waals surface area contributed by atoms with E-state index in [1.54, 1.807) is 6.33 Å². The van der Waals surface area contributed by atoms with Gasteiger partial charge >= 0.3 is 0 Å². The maximum absolute atomic E-state index is 5.53. The quantitative estimate of drug-likeness (QED) is 0.573. The number of guanidine groups is 1. The van der Waals surface area contributed by atoms with Crippen LogP contribution < -0.4 is 10.1 Å². The lowest BCUT2D eigenvalue weighted by atomic mass is 9.96. The van der Waals surface area contributed by atoms with Crippen molar-refractivity contribution in [2.24, 2.45) is 4.99 Å². The highest BCUT2D eigenvalue weighted by atomic mass is 16.5. The molecule has 0 unspecified atom stereocenters. The summed E-state index contributed by atoms with van der Waals surface area (Å²) in [6.07, 6.45) is 6.50. The zero-order chi connectivity index (χ0) is 18.9. The lowest BCUT2D eigenvalue weighted by Crippen LogP contribution is -2.45. The van der Waals surface area contributed by atoms with Crippen molar-refractivity contribution in [3.05, 3.63) is 36.0 Å². The zero-order valence-electron chi connectivity index (χ0n) is 16.2. The first kappa shape index (κ1) is 19.1. The predicted molar refractivity (Wildman–Crippen MR) is 105 cm³/mol. The van der Waals surface area contributed by atoms with Crippen LogP contribution in [-0.2, 0) is 6.54 Å². The molecule has 8 nitrogen and oxygen atoms in total. The summed E-state index contributed by atoms with van der Waals surface area (Å²) >= 11 is 0. The number of hydrogen-bond acceptors (Lipinski definition) is 5. The molecule has 2 aromatic heterocycles. The van der Waals surface area contributed by atoms with Crippen molar-refractivity contribution in [3.8, 4) is 5.88 Å². The number of H-pyrrole nitrogens is 1. The Morgan fingerprint density at radius 2 is 2.15 bits per heavy atom. The Morgan fingerprint density at radius 3 is 2.78 bits per heavy atom. The summed E-state index contributed by atoms with van der Waals surface area (Å²) in [5.74, 6) is 3.07. The minimum absolute atomic E-state index is 0.450. The van der Waals surface area contributed by atoms with Gasteiger partial charge in [0.1, 0.15) is 12.2 Å². The lowest BCUT2D eigenvalue weighted by molar-refractivity contribution is 0.298. The van der Waals surface area contributed by atoms with Crippen molar-refractivity contribution in [1.82, 2.24) is 30.4 Å². The first-order valence-corrected chi connectivity index (χ1v) is 9.76. The second-order valence-electron chi connectivity index (χ2n) is 6.66. The van der Waals surface area contributed by atoms with Crippen LogP contribution in [0.1, 0.15) is 50.4 Å². The number of aliphatic imine (C=N–C) groups is 1. The first-order chi connectivity index (χ1) is 13.3. The van der Waals surface area contributed by atoms with Crippen molar-refractivity contribution in [1.29, 1.82) is 0 Å². The fourth-order valence-electron chi connectivity index (χ4n) is 3.16. The van der Waals surface area contributed by atoms with Gasteiger partial charge in [-0.15, -0.1) is 0 Å². The van der Waals surface area contributed by atoms with E-state index in [2.05, 4.69) is 44.2 Å². The Balaban J connectivity index is 1.56. The fraction of sp³-hybridized carbons (Fsp3) is 0.579. The number of nitrogens with one attached hydrogen (secondary N) is 2. The van der Waals surface area contributed by atoms with E-state index in [1.807, 2.05) is 18.3 Å². The molecule has 1 aliphatic heterocycles. The molecule has 1 fully saturated rings. The van der Waals surface area contributed by atoms with Crippen LogP contribution in [0.4, 0.5) is 0 Å². The molecule has 0 aliphatic carbocycles. The van der Waals surface area contributed by atoms with E-state index in [1.165, 1.54) is 0 Å². The van der Waals surface area contributed by atoms with Gasteiger partial charge in [-0.05, 0) is 31.7 Å². The molecule has 0 aromatic carbocycles. The fourth-order valence-corrected chi connectivity index (χ4v) is 3.16. The van der Waals surface area contributed by atoms with Crippen molar-refractivity contribution in [2.45, 2.75) is 45.6 Å².